The molecule has 5 heteroatoms. The Kier molecular flexibility index (Phi) is 4.91. The van der Waals surface area contributed by atoms with Crippen LogP contribution in [0.3, 0.4) is 0 Å². The molecule has 0 aromatic heterocycles. The molecule has 1 saturated heterocycles. The summed E-state index contributed by atoms with van der Waals surface area (Å²) in [7, 11) is 0. The van der Waals surface area contributed by atoms with E-state index in [1.54, 1.807) is 6.92 Å². The van der Waals surface area contributed by atoms with E-state index in [1.807, 2.05) is 4.90 Å². The van der Waals surface area contributed by atoms with Gasteiger partial charge < -0.3 is 15.1 Å². The SMILES string of the molecule is CC(=O)NC1C(C(=O)N2CCN(c3ccccc3C)CC2)C2CCC1(C)C2(C)C. The Balaban J connectivity index is 1.51. The Morgan fingerprint density at radius 2 is 1.72 bits per heavy atom. The van der Waals surface area contributed by atoms with E-state index in [9.17, 15) is 9.59 Å². The van der Waals surface area contributed by atoms with E-state index in [0.29, 0.717) is 5.92 Å². The van der Waals surface area contributed by atoms with E-state index in [2.05, 4.69) is 62.2 Å². The second kappa shape index (κ2) is 7.03. The molecule has 4 atom stereocenters. The van der Waals surface area contributed by atoms with Crippen LogP contribution in [0.5, 0.6) is 0 Å². The van der Waals surface area contributed by atoms with Crippen molar-refractivity contribution in [1.82, 2.24) is 10.2 Å². The summed E-state index contributed by atoms with van der Waals surface area (Å²) in [5.41, 5.74) is 2.58. The fourth-order valence-corrected chi connectivity index (χ4v) is 6.45. The predicted octanol–water partition coefficient (Wildman–Crippen LogP) is 3.22. The van der Waals surface area contributed by atoms with Crippen LogP contribution in [0.15, 0.2) is 24.3 Å². The van der Waals surface area contributed by atoms with Crippen molar-refractivity contribution in [3.8, 4) is 0 Å². The number of fused-ring (bicyclic) bond motifs is 2. The van der Waals surface area contributed by atoms with Crippen molar-refractivity contribution in [2.45, 2.75) is 53.5 Å². The third kappa shape index (κ3) is 3.04. The Morgan fingerprint density at radius 1 is 1.07 bits per heavy atom. The van der Waals surface area contributed by atoms with Crippen molar-refractivity contribution >= 4 is 17.5 Å². The van der Waals surface area contributed by atoms with Crippen LogP contribution in [0, 0.1) is 29.6 Å². The molecule has 2 bridgehead atoms. The van der Waals surface area contributed by atoms with Gasteiger partial charge in [-0.05, 0) is 48.1 Å². The third-order valence-corrected chi connectivity index (χ3v) is 8.54. The molecule has 158 valence electrons. The highest BCUT2D eigenvalue weighted by Crippen LogP contribution is 2.67. The second-order valence-electron chi connectivity index (χ2n) is 10.1. The monoisotopic (exact) mass is 397 g/mol. The van der Waals surface area contributed by atoms with E-state index >= 15 is 0 Å². The molecule has 1 aliphatic heterocycles. The lowest BCUT2D eigenvalue weighted by atomic mass is 9.69. The van der Waals surface area contributed by atoms with Crippen LogP contribution in [0.2, 0.25) is 0 Å². The largest absolute Gasteiger partial charge is 0.368 e. The van der Waals surface area contributed by atoms with Gasteiger partial charge in [0.05, 0.1) is 5.92 Å². The van der Waals surface area contributed by atoms with Crippen molar-refractivity contribution in [2.75, 3.05) is 31.1 Å². The van der Waals surface area contributed by atoms with Gasteiger partial charge in [0.25, 0.3) is 0 Å². The van der Waals surface area contributed by atoms with Crippen LogP contribution < -0.4 is 10.2 Å². The number of piperazine rings is 1. The first-order chi connectivity index (χ1) is 13.7. The molecule has 4 rings (SSSR count). The van der Waals surface area contributed by atoms with E-state index in [1.165, 1.54) is 11.3 Å². The molecule has 2 saturated carbocycles. The molecule has 0 radical (unpaired) electrons. The van der Waals surface area contributed by atoms with Crippen LogP contribution in [-0.2, 0) is 9.59 Å². The van der Waals surface area contributed by atoms with Crippen LogP contribution in [0.25, 0.3) is 0 Å². The number of aryl methyl sites for hydroxylation is 1. The number of rotatable bonds is 3. The van der Waals surface area contributed by atoms with E-state index in [-0.39, 0.29) is 34.6 Å². The van der Waals surface area contributed by atoms with Crippen molar-refractivity contribution in [3.05, 3.63) is 29.8 Å². The average molecular weight is 398 g/mol. The van der Waals surface area contributed by atoms with Crippen molar-refractivity contribution < 1.29 is 9.59 Å². The minimum absolute atomic E-state index is 0.0212. The molecule has 2 amide bonds. The number of carbonyl (C=O) groups excluding carboxylic acids is 2. The number of amides is 2. The highest BCUT2D eigenvalue weighted by molar-refractivity contribution is 5.83. The number of benzene rings is 1. The Bertz CT molecular complexity index is 812. The summed E-state index contributed by atoms with van der Waals surface area (Å²) in [5.74, 6) is 0.459. The topological polar surface area (TPSA) is 52.7 Å². The fraction of sp³-hybridized carbons (Fsp3) is 0.667. The van der Waals surface area contributed by atoms with Gasteiger partial charge in [-0.3, -0.25) is 9.59 Å². The van der Waals surface area contributed by atoms with Gasteiger partial charge >= 0.3 is 0 Å². The summed E-state index contributed by atoms with van der Waals surface area (Å²) < 4.78 is 0. The number of carbonyl (C=O) groups is 2. The van der Waals surface area contributed by atoms with E-state index in [0.717, 1.165) is 39.0 Å². The predicted molar refractivity (Wildman–Crippen MR) is 116 cm³/mol. The van der Waals surface area contributed by atoms with Gasteiger partial charge in [-0.25, -0.2) is 0 Å². The van der Waals surface area contributed by atoms with E-state index < -0.39 is 0 Å². The average Bonchev–Trinajstić information content (AvgIpc) is 3.00. The maximum absolute atomic E-state index is 13.7. The molecule has 1 N–H and O–H groups in total. The number of nitrogens with zero attached hydrogens (tertiary/aromatic N) is 2. The first-order valence-corrected chi connectivity index (χ1v) is 11.0. The summed E-state index contributed by atoms with van der Waals surface area (Å²) in [5, 5.41) is 3.18. The van der Waals surface area contributed by atoms with Crippen molar-refractivity contribution in [3.63, 3.8) is 0 Å². The molecule has 1 aromatic rings. The molecule has 2 aliphatic carbocycles. The van der Waals surface area contributed by atoms with Crippen LogP contribution >= 0.6 is 0 Å². The van der Waals surface area contributed by atoms with Crippen molar-refractivity contribution in [2.24, 2.45) is 22.7 Å². The molecule has 1 aromatic carbocycles. The van der Waals surface area contributed by atoms with Crippen LogP contribution in [-0.4, -0.2) is 48.9 Å². The zero-order valence-corrected chi connectivity index (χ0v) is 18.5. The Hall–Kier alpha value is -2.04. The minimum atomic E-state index is -0.0994. The first kappa shape index (κ1) is 20.2. The Morgan fingerprint density at radius 3 is 2.34 bits per heavy atom. The number of hydrogen-bond donors (Lipinski definition) is 1. The summed E-state index contributed by atoms with van der Waals surface area (Å²) >= 11 is 0. The number of para-hydroxylation sites is 1. The molecule has 29 heavy (non-hydrogen) atoms. The first-order valence-electron chi connectivity index (χ1n) is 11.0. The molecular weight excluding hydrogens is 362 g/mol. The van der Waals surface area contributed by atoms with Gasteiger partial charge in [0.15, 0.2) is 0 Å². The summed E-state index contributed by atoms with van der Waals surface area (Å²) in [6.07, 6.45) is 2.17. The lowest BCUT2D eigenvalue weighted by Crippen LogP contribution is -2.56. The van der Waals surface area contributed by atoms with E-state index in [4.69, 9.17) is 0 Å². The second-order valence-corrected chi connectivity index (χ2v) is 10.1. The lowest BCUT2D eigenvalue weighted by Gasteiger charge is -2.42. The van der Waals surface area contributed by atoms with Gasteiger partial charge in [0, 0.05) is 44.8 Å². The summed E-state index contributed by atoms with van der Waals surface area (Å²) in [6.45, 7) is 13.8. The lowest BCUT2D eigenvalue weighted by molar-refractivity contribution is -0.139. The minimum Gasteiger partial charge on any atom is -0.368 e. The molecular formula is C24H35N3O2. The number of hydrogen-bond acceptors (Lipinski definition) is 3. The highest BCUT2D eigenvalue weighted by Gasteiger charge is 2.68. The summed E-state index contributed by atoms with van der Waals surface area (Å²) in [6, 6.07) is 8.39. The van der Waals surface area contributed by atoms with Gasteiger partial charge in [-0.15, -0.1) is 0 Å². The Labute approximate surface area is 174 Å². The standard InChI is InChI=1S/C24H35N3O2/c1-16-8-6-7-9-19(16)26-12-14-27(15-13-26)22(29)20-18-10-11-24(5,23(18,3)4)21(20)25-17(2)28/h6-9,18,20-21H,10-15H2,1-5H3,(H,25,28). The van der Waals surface area contributed by atoms with Crippen molar-refractivity contribution in [1.29, 1.82) is 0 Å². The summed E-state index contributed by atoms with van der Waals surface area (Å²) in [4.78, 5) is 30.1. The molecule has 4 unspecified atom stereocenters. The third-order valence-electron chi connectivity index (χ3n) is 8.54. The maximum Gasteiger partial charge on any atom is 0.228 e. The van der Waals surface area contributed by atoms with Gasteiger partial charge in [0.2, 0.25) is 11.8 Å². The fourth-order valence-electron chi connectivity index (χ4n) is 6.45. The zero-order valence-electron chi connectivity index (χ0n) is 18.5. The van der Waals surface area contributed by atoms with Gasteiger partial charge in [-0.1, -0.05) is 39.0 Å². The van der Waals surface area contributed by atoms with Gasteiger partial charge in [-0.2, -0.15) is 0 Å². The highest BCUT2D eigenvalue weighted by atomic mass is 16.2. The number of anilines is 1. The maximum atomic E-state index is 13.7. The zero-order chi connectivity index (χ0) is 21.0. The number of nitrogens with one attached hydrogen (secondary N) is 1. The molecule has 3 fully saturated rings. The van der Waals surface area contributed by atoms with Crippen LogP contribution in [0.4, 0.5) is 5.69 Å². The van der Waals surface area contributed by atoms with Gasteiger partial charge in [0.1, 0.15) is 0 Å². The normalized spacial score (nSPS) is 33.1. The molecule has 5 nitrogen and oxygen atoms in total. The molecule has 1 heterocycles. The smallest absolute Gasteiger partial charge is 0.228 e. The van der Waals surface area contributed by atoms with Crippen LogP contribution in [0.1, 0.15) is 46.1 Å². The quantitative estimate of drug-likeness (QED) is 0.852. The molecule has 3 aliphatic rings. The molecule has 0 spiro atoms.